The molecule has 1 rings (SSSR count). The lowest BCUT2D eigenvalue weighted by atomic mass is 9.83. The van der Waals surface area contributed by atoms with Gasteiger partial charge in [-0.3, -0.25) is 0 Å². The predicted octanol–water partition coefficient (Wildman–Crippen LogP) is 2.26. The third-order valence-corrected chi connectivity index (χ3v) is 4.03. The highest BCUT2D eigenvalue weighted by Gasteiger charge is 2.28. The lowest BCUT2D eigenvalue weighted by Crippen LogP contribution is -2.31. The highest BCUT2D eigenvalue weighted by atomic mass is 28.2. The van der Waals surface area contributed by atoms with Crippen molar-refractivity contribution in [3.05, 3.63) is 35.9 Å². The zero-order valence-electron chi connectivity index (χ0n) is 9.58. The molecule has 0 aromatic heterocycles. The largest absolute Gasteiger partial charge is 0.422 e. The van der Waals surface area contributed by atoms with Crippen LogP contribution in [0.5, 0.6) is 0 Å². The summed E-state index contributed by atoms with van der Waals surface area (Å²) in [4.78, 5) is 0. The maximum atomic E-state index is 5.68. The van der Waals surface area contributed by atoms with Gasteiger partial charge in [-0.05, 0) is 25.8 Å². The molecule has 0 N–H and O–H groups in total. The maximum absolute atomic E-state index is 5.68. The quantitative estimate of drug-likeness (QED) is 0.690. The minimum absolute atomic E-state index is 0.0255. The SMILES string of the molecule is CCC(c1ccccc1)C(C)(C)O[SiH3]. The highest BCUT2D eigenvalue weighted by Crippen LogP contribution is 2.32. The van der Waals surface area contributed by atoms with Gasteiger partial charge in [-0.1, -0.05) is 37.3 Å². The third-order valence-electron chi connectivity index (χ3n) is 2.98. The Hall–Kier alpha value is -0.603. The van der Waals surface area contributed by atoms with Gasteiger partial charge in [-0.25, -0.2) is 0 Å². The molecule has 0 bridgehead atoms. The minimum atomic E-state index is -0.0255. The lowest BCUT2D eigenvalue weighted by Gasteiger charge is -2.33. The average Bonchev–Trinajstić information content (AvgIpc) is 2.20. The lowest BCUT2D eigenvalue weighted by molar-refractivity contribution is 0.0873. The van der Waals surface area contributed by atoms with Crippen LogP contribution in [0.25, 0.3) is 0 Å². The van der Waals surface area contributed by atoms with Gasteiger partial charge in [0, 0.05) is 5.92 Å². The van der Waals surface area contributed by atoms with Crippen LogP contribution in [0.2, 0.25) is 0 Å². The van der Waals surface area contributed by atoms with Crippen LogP contribution in [0.15, 0.2) is 30.3 Å². The second kappa shape index (κ2) is 4.76. The van der Waals surface area contributed by atoms with E-state index in [2.05, 4.69) is 51.1 Å². The van der Waals surface area contributed by atoms with Crippen LogP contribution in [-0.4, -0.2) is 16.1 Å². The smallest absolute Gasteiger partial charge is 0.146 e. The summed E-state index contributed by atoms with van der Waals surface area (Å²) in [7, 11) is 0.801. The fourth-order valence-electron chi connectivity index (χ4n) is 1.96. The van der Waals surface area contributed by atoms with E-state index in [4.69, 9.17) is 4.43 Å². The fraction of sp³-hybridized carbons (Fsp3) is 0.500. The Labute approximate surface area is 90.0 Å². The fourth-order valence-corrected chi connectivity index (χ4v) is 2.24. The Morgan fingerprint density at radius 3 is 2.29 bits per heavy atom. The molecule has 78 valence electrons. The molecule has 0 amide bonds. The first-order valence-electron chi connectivity index (χ1n) is 5.22. The van der Waals surface area contributed by atoms with Gasteiger partial charge in [0.2, 0.25) is 0 Å². The van der Waals surface area contributed by atoms with Crippen LogP contribution in [0, 0.1) is 0 Å². The summed E-state index contributed by atoms with van der Waals surface area (Å²) >= 11 is 0. The van der Waals surface area contributed by atoms with Crippen molar-refractivity contribution in [3.63, 3.8) is 0 Å². The Balaban J connectivity index is 2.93. The van der Waals surface area contributed by atoms with E-state index in [0.29, 0.717) is 5.92 Å². The van der Waals surface area contributed by atoms with Crippen LogP contribution in [0.4, 0.5) is 0 Å². The van der Waals surface area contributed by atoms with Crippen LogP contribution in [-0.2, 0) is 4.43 Å². The Bertz CT molecular complexity index is 269. The van der Waals surface area contributed by atoms with Crippen LogP contribution in [0.1, 0.15) is 38.7 Å². The van der Waals surface area contributed by atoms with Crippen molar-refractivity contribution < 1.29 is 4.43 Å². The van der Waals surface area contributed by atoms with E-state index in [1.54, 1.807) is 0 Å². The summed E-state index contributed by atoms with van der Waals surface area (Å²) in [6.45, 7) is 6.59. The monoisotopic (exact) mass is 208 g/mol. The highest BCUT2D eigenvalue weighted by molar-refractivity contribution is 5.98. The maximum Gasteiger partial charge on any atom is 0.146 e. The average molecular weight is 208 g/mol. The van der Waals surface area contributed by atoms with Crippen LogP contribution in [0.3, 0.4) is 0 Å². The van der Waals surface area contributed by atoms with Gasteiger partial charge in [-0.15, -0.1) is 0 Å². The number of rotatable bonds is 4. The molecule has 0 aliphatic rings. The van der Waals surface area contributed by atoms with Crippen molar-refractivity contribution in [1.82, 2.24) is 0 Å². The molecule has 1 nitrogen and oxygen atoms in total. The summed E-state index contributed by atoms with van der Waals surface area (Å²) in [5, 5.41) is 0. The second-order valence-corrected chi connectivity index (χ2v) is 4.59. The van der Waals surface area contributed by atoms with E-state index < -0.39 is 0 Å². The zero-order chi connectivity index (χ0) is 10.6. The van der Waals surface area contributed by atoms with Crippen molar-refractivity contribution in [1.29, 1.82) is 0 Å². The summed E-state index contributed by atoms with van der Waals surface area (Å²) in [5.74, 6) is 0.501. The number of benzene rings is 1. The van der Waals surface area contributed by atoms with E-state index in [9.17, 15) is 0 Å². The first-order chi connectivity index (χ1) is 6.61. The van der Waals surface area contributed by atoms with Gasteiger partial charge >= 0.3 is 0 Å². The first-order valence-corrected chi connectivity index (χ1v) is 6.03. The molecule has 0 saturated carbocycles. The Morgan fingerprint density at radius 2 is 1.86 bits per heavy atom. The first kappa shape index (κ1) is 11.5. The molecular weight excluding hydrogens is 188 g/mol. The molecular formula is C12H20OSi. The molecule has 14 heavy (non-hydrogen) atoms. The van der Waals surface area contributed by atoms with Gasteiger partial charge in [0.25, 0.3) is 0 Å². The summed E-state index contributed by atoms with van der Waals surface area (Å²) < 4.78 is 5.68. The molecule has 0 radical (unpaired) electrons. The molecule has 0 spiro atoms. The molecule has 0 saturated heterocycles. The standard InChI is InChI=1S/C12H20OSi/c1-4-11(12(2,3)13-14)10-8-6-5-7-9-10/h5-9,11H,4H2,1-3,14H3. The molecule has 0 aliphatic heterocycles. The summed E-state index contributed by atoms with van der Waals surface area (Å²) in [6, 6.07) is 10.6. The number of hydrogen-bond donors (Lipinski definition) is 0. The minimum Gasteiger partial charge on any atom is -0.422 e. The van der Waals surface area contributed by atoms with E-state index in [1.807, 2.05) is 0 Å². The van der Waals surface area contributed by atoms with Crippen molar-refractivity contribution in [2.24, 2.45) is 0 Å². The Morgan fingerprint density at radius 1 is 1.29 bits per heavy atom. The van der Waals surface area contributed by atoms with Gasteiger partial charge < -0.3 is 4.43 Å². The van der Waals surface area contributed by atoms with Gasteiger partial charge in [0.05, 0.1) is 5.60 Å². The van der Waals surface area contributed by atoms with E-state index >= 15 is 0 Å². The number of hydrogen-bond acceptors (Lipinski definition) is 1. The summed E-state index contributed by atoms with van der Waals surface area (Å²) in [6.07, 6.45) is 1.12. The van der Waals surface area contributed by atoms with Crippen molar-refractivity contribution in [2.75, 3.05) is 0 Å². The molecule has 0 fully saturated rings. The van der Waals surface area contributed by atoms with Crippen molar-refractivity contribution >= 4 is 10.5 Å². The van der Waals surface area contributed by atoms with Crippen LogP contribution >= 0.6 is 0 Å². The molecule has 0 aliphatic carbocycles. The molecule has 1 atom stereocenters. The molecule has 0 heterocycles. The van der Waals surface area contributed by atoms with E-state index in [1.165, 1.54) is 5.56 Å². The molecule has 2 heteroatoms. The second-order valence-electron chi connectivity index (χ2n) is 4.18. The predicted molar refractivity (Wildman–Crippen MR) is 64.6 cm³/mol. The van der Waals surface area contributed by atoms with Gasteiger partial charge in [-0.2, -0.15) is 0 Å². The van der Waals surface area contributed by atoms with Crippen LogP contribution < -0.4 is 0 Å². The summed E-state index contributed by atoms with van der Waals surface area (Å²) in [5.41, 5.74) is 1.36. The van der Waals surface area contributed by atoms with E-state index in [0.717, 1.165) is 16.9 Å². The van der Waals surface area contributed by atoms with Crippen molar-refractivity contribution in [3.8, 4) is 0 Å². The van der Waals surface area contributed by atoms with Crippen molar-refractivity contribution in [2.45, 2.75) is 38.7 Å². The van der Waals surface area contributed by atoms with E-state index in [-0.39, 0.29) is 5.60 Å². The molecule has 1 unspecified atom stereocenters. The Kier molecular flexibility index (Phi) is 3.90. The van der Waals surface area contributed by atoms with Gasteiger partial charge in [0.1, 0.15) is 10.5 Å². The molecule has 1 aromatic carbocycles. The van der Waals surface area contributed by atoms with Gasteiger partial charge in [0.15, 0.2) is 0 Å². The zero-order valence-corrected chi connectivity index (χ0v) is 11.6. The third kappa shape index (κ3) is 2.46. The topological polar surface area (TPSA) is 9.23 Å². The molecule has 1 aromatic rings. The normalized spacial score (nSPS) is 14.2.